The average molecular weight is 337 g/mol. The van der Waals surface area contributed by atoms with Crippen molar-refractivity contribution in [3.63, 3.8) is 0 Å². The number of hydrogen-bond acceptors (Lipinski definition) is 5. The molecule has 0 spiro atoms. The zero-order chi connectivity index (χ0) is 17.2. The normalized spacial score (nSPS) is 15.7. The van der Waals surface area contributed by atoms with E-state index >= 15 is 0 Å². The van der Waals surface area contributed by atoms with E-state index in [4.69, 9.17) is 9.52 Å². The molecule has 6 heteroatoms. The maximum Gasteiger partial charge on any atom is 0.153 e. The summed E-state index contributed by atoms with van der Waals surface area (Å²) < 4.78 is 7.12. The molecule has 0 atom stereocenters. The highest BCUT2D eigenvalue weighted by Gasteiger charge is 2.23. The molecule has 0 saturated carbocycles. The van der Waals surface area contributed by atoms with Crippen LogP contribution in [0.15, 0.2) is 47.4 Å². The topological polar surface area (TPSA) is 50.3 Å². The summed E-state index contributed by atoms with van der Waals surface area (Å²) in [7, 11) is 0. The summed E-state index contributed by atoms with van der Waals surface area (Å²) in [5.41, 5.74) is 4.70. The lowest BCUT2D eigenvalue weighted by atomic mass is 10.2. The van der Waals surface area contributed by atoms with E-state index in [1.807, 2.05) is 35.2 Å². The van der Waals surface area contributed by atoms with E-state index in [9.17, 15) is 0 Å². The smallest absolute Gasteiger partial charge is 0.153 e. The molecule has 0 unspecified atom stereocenters. The minimum absolute atomic E-state index is 0.868. The second-order valence-electron chi connectivity index (χ2n) is 6.51. The first-order valence-corrected chi connectivity index (χ1v) is 8.68. The SMILES string of the molecule is Cc1nn(-c2ccccn2)c(C)c1N1CCN(Cc2ccoc2)CC1. The van der Waals surface area contributed by atoms with Gasteiger partial charge in [-0.05, 0) is 32.0 Å². The van der Waals surface area contributed by atoms with Gasteiger partial charge < -0.3 is 9.32 Å². The number of hydrogen-bond donors (Lipinski definition) is 0. The van der Waals surface area contributed by atoms with Crippen molar-refractivity contribution in [3.8, 4) is 5.82 Å². The van der Waals surface area contributed by atoms with E-state index in [1.54, 1.807) is 12.5 Å². The fourth-order valence-corrected chi connectivity index (χ4v) is 3.56. The van der Waals surface area contributed by atoms with Gasteiger partial charge in [-0.3, -0.25) is 4.90 Å². The quantitative estimate of drug-likeness (QED) is 0.733. The molecule has 0 aliphatic carbocycles. The zero-order valence-corrected chi connectivity index (χ0v) is 14.7. The van der Waals surface area contributed by atoms with Crippen LogP contribution in [0.5, 0.6) is 0 Å². The Hall–Kier alpha value is -2.60. The molecule has 3 aromatic heterocycles. The summed E-state index contributed by atoms with van der Waals surface area (Å²) in [6.45, 7) is 9.26. The lowest BCUT2D eigenvalue weighted by Gasteiger charge is -2.36. The number of pyridine rings is 1. The van der Waals surface area contributed by atoms with Gasteiger partial charge in [-0.1, -0.05) is 6.07 Å². The Bertz CT molecular complexity index is 817. The van der Waals surface area contributed by atoms with Gasteiger partial charge >= 0.3 is 0 Å². The van der Waals surface area contributed by atoms with Gasteiger partial charge in [0.1, 0.15) is 0 Å². The van der Waals surface area contributed by atoms with Crippen LogP contribution in [0.1, 0.15) is 17.0 Å². The summed E-state index contributed by atoms with van der Waals surface area (Å²) in [5, 5.41) is 4.72. The van der Waals surface area contributed by atoms with Crippen LogP contribution >= 0.6 is 0 Å². The molecule has 1 aliphatic heterocycles. The number of furan rings is 1. The first-order chi connectivity index (χ1) is 12.2. The number of aromatic nitrogens is 3. The molecule has 1 saturated heterocycles. The molecule has 0 bridgehead atoms. The Morgan fingerprint density at radius 2 is 1.92 bits per heavy atom. The molecule has 6 nitrogen and oxygen atoms in total. The maximum atomic E-state index is 5.17. The molecule has 1 aliphatic rings. The van der Waals surface area contributed by atoms with Gasteiger partial charge in [0.2, 0.25) is 0 Å². The second-order valence-corrected chi connectivity index (χ2v) is 6.51. The van der Waals surface area contributed by atoms with Gasteiger partial charge in [0.15, 0.2) is 5.82 Å². The van der Waals surface area contributed by atoms with Crippen LogP contribution in [0.3, 0.4) is 0 Å². The molecule has 0 radical (unpaired) electrons. The van der Waals surface area contributed by atoms with E-state index in [0.717, 1.165) is 49.9 Å². The Labute approximate surface area is 147 Å². The highest BCUT2D eigenvalue weighted by Crippen LogP contribution is 2.27. The third kappa shape index (κ3) is 3.17. The molecule has 0 amide bonds. The second kappa shape index (κ2) is 6.72. The standard InChI is InChI=1S/C19H23N5O/c1-15-19(16(2)24(21-15)18-5-3-4-7-20-18)23-10-8-22(9-11-23)13-17-6-12-25-14-17/h3-7,12,14H,8-11,13H2,1-2H3. The number of nitrogens with zero attached hydrogens (tertiary/aromatic N) is 5. The minimum atomic E-state index is 0.868. The van der Waals surface area contributed by atoms with E-state index in [2.05, 4.69) is 28.6 Å². The minimum Gasteiger partial charge on any atom is -0.472 e. The summed E-state index contributed by atoms with van der Waals surface area (Å²) in [6.07, 6.45) is 5.38. The van der Waals surface area contributed by atoms with Crippen LogP contribution < -0.4 is 4.90 Å². The van der Waals surface area contributed by atoms with E-state index in [0.29, 0.717) is 0 Å². The number of aryl methyl sites for hydroxylation is 1. The molecular weight excluding hydrogens is 314 g/mol. The molecule has 0 aromatic carbocycles. The van der Waals surface area contributed by atoms with Crippen molar-refractivity contribution < 1.29 is 4.42 Å². The fourth-order valence-electron chi connectivity index (χ4n) is 3.56. The molecule has 130 valence electrons. The first kappa shape index (κ1) is 15.9. The Balaban J connectivity index is 1.49. The van der Waals surface area contributed by atoms with Crippen molar-refractivity contribution in [3.05, 3.63) is 59.9 Å². The van der Waals surface area contributed by atoms with Crippen LogP contribution in [-0.4, -0.2) is 45.8 Å². The lowest BCUT2D eigenvalue weighted by molar-refractivity contribution is 0.249. The summed E-state index contributed by atoms with van der Waals surface area (Å²) >= 11 is 0. The van der Waals surface area contributed by atoms with Crippen molar-refractivity contribution in [2.45, 2.75) is 20.4 Å². The molecule has 3 aromatic rings. The van der Waals surface area contributed by atoms with E-state index in [-0.39, 0.29) is 0 Å². The van der Waals surface area contributed by atoms with Crippen LogP contribution in [0.2, 0.25) is 0 Å². The molecule has 4 rings (SSSR count). The van der Waals surface area contributed by atoms with Gasteiger partial charge in [0.25, 0.3) is 0 Å². The monoisotopic (exact) mass is 337 g/mol. The van der Waals surface area contributed by atoms with Gasteiger partial charge in [-0.15, -0.1) is 0 Å². The van der Waals surface area contributed by atoms with Crippen LogP contribution in [-0.2, 0) is 6.54 Å². The van der Waals surface area contributed by atoms with E-state index in [1.165, 1.54) is 11.3 Å². The third-order valence-corrected chi connectivity index (χ3v) is 4.79. The van der Waals surface area contributed by atoms with Crippen molar-refractivity contribution in [2.24, 2.45) is 0 Å². The van der Waals surface area contributed by atoms with Gasteiger partial charge in [0.05, 0.1) is 29.6 Å². The zero-order valence-electron chi connectivity index (χ0n) is 14.7. The predicted octanol–water partition coefficient (Wildman–Crippen LogP) is 2.80. The number of piperazine rings is 1. The first-order valence-electron chi connectivity index (χ1n) is 8.68. The number of anilines is 1. The average Bonchev–Trinajstić information content (AvgIpc) is 3.25. The molecule has 1 fully saturated rings. The van der Waals surface area contributed by atoms with Gasteiger partial charge in [-0.25, -0.2) is 9.67 Å². The van der Waals surface area contributed by atoms with Crippen molar-refractivity contribution in [1.82, 2.24) is 19.7 Å². The van der Waals surface area contributed by atoms with Crippen molar-refractivity contribution in [1.29, 1.82) is 0 Å². The maximum absolute atomic E-state index is 5.17. The molecule has 25 heavy (non-hydrogen) atoms. The Morgan fingerprint density at radius 3 is 2.60 bits per heavy atom. The number of rotatable bonds is 4. The highest BCUT2D eigenvalue weighted by atomic mass is 16.3. The lowest BCUT2D eigenvalue weighted by Crippen LogP contribution is -2.46. The van der Waals surface area contributed by atoms with Crippen molar-refractivity contribution in [2.75, 3.05) is 31.1 Å². The van der Waals surface area contributed by atoms with Crippen molar-refractivity contribution >= 4 is 5.69 Å². The molecule has 4 heterocycles. The molecule has 0 N–H and O–H groups in total. The van der Waals surface area contributed by atoms with Gasteiger partial charge in [-0.2, -0.15) is 5.10 Å². The summed E-state index contributed by atoms with van der Waals surface area (Å²) in [6, 6.07) is 7.95. The summed E-state index contributed by atoms with van der Waals surface area (Å²) in [5.74, 6) is 0.868. The fraction of sp³-hybridized carbons (Fsp3) is 0.368. The van der Waals surface area contributed by atoms with E-state index < -0.39 is 0 Å². The van der Waals surface area contributed by atoms with Crippen LogP contribution in [0.4, 0.5) is 5.69 Å². The predicted molar refractivity (Wildman–Crippen MR) is 97.0 cm³/mol. The summed E-state index contributed by atoms with van der Waals surface area (Å²) in [4.78, 5) is 9.34. The Morgan fingerprint density at radius 1 is 1.08 bits per heavy atom. The van der Waals surface area contributed by atoms with Crippen LogP contribution in [0.25, 0.3) is 5.82 Å². The highest BCUT2D eigenvalue weighted by molar-refractivity contribution is 5.56. The van der Waals surface area contributed by atoms with Gasteiger partial charge in [0, 0.05) is 44.5 Å². The Kier molecular flexibility index (Phi) is 4.28. The van der Waals surface area contributed by atoms with Crippen LogP contribution in [0, 0.1) is 13.8 Å². The third-order valence-electron chi connectivity index (χ3n) is 4.79. The largest absolute Gasteiger partial charge is 0.472 e. The molecular formula is C19H23N5O.